The van der Waals surface area contributed by atoms with Crippen LogP contribution in [0.2, 0.25) is 0 Å². The Morgan fingerprint density at radius 3 is 2.82 bits per heavy atom. The van der Waals surface area contributed by atoms with Gasteiger partial charge in [-0.1, -0.05) is 23.8 Å². The quantitative estimate of drug-likeness (QED) is 0.691. The van der Waals surface area contributed by atoms with Gasteiger partial charge in [-0.25, -0.2) is 0 Å². The maximum absolute atomic E-state index is 10.4. The predicted octanol–water partition coefficient (Wildman–Crippen LogP) is 0.895. The molecule has 0 atom stereocenters. The average Bonchev–Trinajstić information content (AvgIpc) is 2.25. The molecule has 0 heterocycles. The molecule has 0 spiro atoms. The van der Waals surface area contributed by atoms with Crippen molar-refractivity contribution in [1.82, 2.24) is 5.32 Å². The second kappa shape index (κ2) is 7.04. The van der Waals surface area contributed by atoms with E-state index in [9.17, 15) is 4.79 Å². The summed E-state index contributed by atoms with van der Waals surface area (Å²) in [5.41, 5.74) is 8.79. The zero-order valence-corrected chi connectivity index (χ0v) is 10.5. The number of nitrogens with two attached hydrogens (primary N) is 1. The SMILES string of the molecule is Cc1ccc(CNCCOCC(N)=O)c(C)c1. The number of carbonyl (C=O) groups is 1. The van der Waals surface area contributed by atoms with E-state index in [0.717, 1.165) is 6.54 Å². The number of ether oxygens (including phenoxy) is 1. The standard InChI is InChI=1S/C13H20N2O2/c1-10-3-4-12(11(2)7-10)8-15-5-6-17-9-13(14)16/h3-4,7,15H,5-6,8-9H2,1-2H3,(H2,14,16). The molecular formula is C13H20N2O2. The minimum Gasteiger partial charge on any atom is -0.370 e. The summed E-state index contributed by atoms with van der Waals surface area (Å²) in [7, 11) is 0. The van der Waals surface area contributed by atoms with Crippen LogP contribution >= 0.6 is 0 Å². The number of aryl methyl sites for hydroxylation is 2. The second-order valence-electron chi connectivity index (χ2n) is 4.13. The van der Waals surface area contributed by atoms with Crippen molar-refractivity contribution in [2.24, 2.45) is 5.73 Å². The molecular weight excluding hydrogens is 216 g/mol. The van der Waals surface area contributed by atoms with Crippen LogP contribution in [-0.4, -0.2) is 25.7 Å². The van der Waals surface area contributed by atoms with Crippen molar-refractivity contribution in [3.63, 3.8) is 0 Å². The topological polar surface area (TPSA) is 64.3 Å². The summed E-state index contributed by atoms with van der Waals surface area (Å²) in [6.45, 7) is 6.20. The van der Waals surface area contributed by atoms with Crippen LogP contribution in [-0.2, 0) is 16.1 Å². The van der Waals surface area contributed by atoms with Crippen LogP contribution in [0, 0.1) is 13.8 Å². The van der Waals surface area contributed by atoms with Crippen LogP contribution in [0.15, 0.2) is 18.2 Å². The van der Waals surface area contributed by atoms with E-state index in [1.165, 1.54) is 16.7 Å². The van der Waals surface area contributed by atoms with Gasteiger partial charge >= 0.3 is 0 Å². The maximum atomic E-state index is 10.4. The van der Waals surface area contributed by atoms with Gasteiger partial charge in [0.2, 0.25) is 5.91 Å². The summed E-state index contributed by atoms with van der Waals surface area (Å²) in [5, 5.41) is 3.26. The molecule has 1 rings (SSSR count). The molecule has 1 amide bonds. The molecule has 0 aliphatic rings. The summed E-state index contributed by atoms with van der Waals surface area (Å²) in [5.74, 6) is -0.431. The number of hydrogen-bond donors (Lipinski definition) is 2. The van der Waals surface area contributed by atoms with E-state index in [4.69, 9.17) is 10.5 Å². The van der Waals surface area contributed by atoms with Crippen molar-refractivity contribution < 1.29 is 9.53 Å². The number of rotatable bonds is 7. The van der Waals surface area contributed by atoms with E-state index in [-0.39, 0.29) is 6.61 Å². The Hall–Kier alpha value is -1.39. The van der Waals surface area contributed by atoms with Gasteiger partial charge in [0.05, 0.1) is 6.61 Å². The van der Waals surface area contributed by atoms with Gasteiger partial charge in [0, 0.05) is 13.1 Å². The molecule has 0 fully saturated rings. The minimum atomic E-state index is -0.431. The fraction of sp³-hybridized carbons (Fsp3) is 0.462. The number of hydrogen-bond acceptors (Lipinski definition) is 3. The summed E-state index contributed by atoms with van der Waals surface area (Å²) in [4.78, 5) is 10.4. The lowest BCUT2D eigenvalue weighted by molar-refractivity contribution is -0.122. The molecule has 0 saturated carbocycles. The van der Waals surface area contributed by atoms with E-state index in [1.807, 2.05) is 0 Å². The minimum absolute atomic E-state index is 0.00869. The normalized spacial score (nSPS) is 10.5. The highest BCUT2D eigenvalue weighted by Gasteiger charge is 1.98. The first-order chi connectivity index (χ1) is 8.09. The van der Waals surface area contributed by atoms with Gasteiger partial charge in [-0.2, -0.15) is 0 Å². The summed E-state index contributed by atoms with van der Waals surface area (Å²) < 4.78 is 5.05. The molecule has 1 aromatic rings. The smallest absolute Gasteiger partial charge is 0.243 e. The summed E-state index contributed by atoms with van der Waals surface area (Å²) >= 11 is 0. The van der Waals surface area contributed by atoms with Gasteiger partial charge < -0.3 is 15.8 Å². The van der Waals surface area contributed by atoms with Crippen LogP contribution in [0.3, 0.4) is 0 Å². The van der Waals surface area contributed by atoms with Gasteiger partial charge in [-0.05, 0) is 25.0 Å². The number of amides is 1. The number of primary amides is 1. The fourth-order valence-corrected chi connectivity index (χ4v) is 1.58. The zero-order valence-electron chi connectivity index (χ0n) is 10.5. The molecule has 4 heteroatoms. The molecule has 0 radical (unpaired) electrons. The van der Waals surface area contributed by atoms with Crippen LogP contribution in [0.1, 0.15) is 16.7 Å². The summed E-state index contributed by atoms with van der Waals surface area (Å²) in [6.07, 6.45) is 0. The Balaban J connectivity index is 2.20. The maximum Gasteiger partial charge on any atom is 0.243 e. The van der Waals surface area contributed by atoms with Crippen molar-refractivity contribution in [1.29, 1.82) is 0 Å². The monoisotopic (exact) mass is 236 g/mol. The number of carbonyl (C=O) groups excluding carboxylic acids is 1. The highest BCUT2D eigenvalue weighted by atomic mass is 16.5. The molecule has 0 aliphatic heterocycles. The first-order valence-electron chi connectivity index (χ1n) is 5.72. The molecule has 4 nitrogen and oxygen atoms in total. The Labute approximate surface area is 102 Å². The second-order valence-corrected chi connectivity index (χ2v) is 4.13. The Morgan fingerprint density at radius 2 is 2.18 bits per heavy atom. The van der Waals surface area contributed by atoms with Crippen LogP contribution < -0.4 is 11.1 Å². The number of benzene rings is 1. The van der Waals surface area contributed by atoms with E-state index < -0.39 is 5.91 Å². The van der Waals surface area contributed by atoms with Crippen molar-refractivity contribution in [3.05, 3.63) is 34.9 Å². The molecule has 0 aliphatic carbocycles. The van der Waals surface area contributed by atoms with Crippen molar-refractivity contribution in [2.75, 3.05) is 19.8 Å². The number of nitrogens with one attached hydrogen (secondary N) is 1. The first kappa shape index (κ1) is 13.7. The molecule has 0 unspecified atom stereocenters. The van der Waals surface area contributed by atoms with Gasteiger partial charge in [-0.15, -0.1) is 0 Å². The highest BCUT2D eigenvalue weighted by Crippen LogP contribution is 2.09. The largest absolute Gasteiger partial charge is 0.370 e. The zero-order chi connectivity index (χ0) is 12.7. The van der Waals surface area contributed by atoms with E-state index >= 15 is 0 Å². The Kier molecular flexibility index (Phi) is 5.66. The molecule has 17 heavy (non-hydrogen) atoms. The molecule has 94 valence electrons. The Bertz CT molecular complexity index is 378. The van der Waals surface area contributed by atoms with Gasteiger partial charge in [0.1, 0.15) is 6.61 Å². The van der Waals surface area contributed by atoms with Crippen LogP contribution in [0.5, 0.6) is 0 Å². The molecule has 0 aromatic heterocycles. The first-order valence-corrected chi connectivity index (χ1v) is 5.72. The summed E-state index contributed by atoms with van der Waals surface area (Å²) in [6, 6.07) is 6.40. The molecule has 1 aromatic carbocycles. The Morgan fingerprint density at radius 1 is 1.41 bits per heavy atom. The highest BCUT2D eigenvalue weighted by molar-refractivity contribution is 5.74. The van der Waals surface area contributed by atoms with Crippen LogP contribution in [0.25, 0.3) is 0 Å². The van der Waals surface area contributed by atoms with Crippen molar-refractivity contribution in [2.45, 2.75) is 20.4 Å². The lowest BCUT2D eigenvalue weighted by Gasteiger charge is -2.08. The molecule has 0 saturated heterocycles. The third-order valence-electron chi connectivity index (χ3n) is 2.48. The predicted molar refractivity (Wildman–Crippen MR) is 67.6 cm³/mol. The third-order valence-corrected chi connectivity index (χ3v) is 2.48. The third kappa shape index (κ3) is 5.47. The van der Waals surface area contributed by atoms with Crippen molar-refractivity contribution in [3.8, 4) is 0 Å². The lowest BCUT2D eigenvalue weighted by atomic mass is 10.1. The van der Waals surface area contributed by atoms with E-state index in [0.29, 0.717) is 13.2 Å². The van der Waals surface area contributed by atoms with E-state index in [1.54, 1.807) is 0 Å². The van der Waals surface area contributed by atoms with Gasteiger partial charge in [-0.3, -0.25) is 4.79 Å². The van der Waals surface area contributed by atoms with Gasteiger partial charge in [0.25, 0.3) is 0 Å². The van der Waals surface area contributed by atoms with Crippen molar-refractivity contribution >= 4 is 5.91 Å². The molecule has 0 bridgehead atoms. The molecule has 3 N–H and O–H groups in total. The van der Waals surface area contributed by atoms with Crippen LogP contribution in [0.4, 0.5) is 0 Å². The fourth-order valence-electron chi connectivity index (χ4n) is 1.58. The lowest BCUT2D eigenvalue weighted by Crippen LogP contribution is -2.24. The van der Waals surface area contributed by atoms with E-state index in [2.05, 4.69) is 37.4 Å². The van der Waals surface area contributed by atoms with Gasteiger partial charge in [0.15, 0.2) is 0 Å². The average molecular weight is 236 g/mol.